The highest BCUT2D eigenvalue weighted by Gasteiger charge is 2.52. The lowest BCUT2D eigenvalue weighted by molar-refractivity contribution is -0.132. The minimum atomic E-state index is -0.966. The minimum Gasteiger partial charge on any atom is -0.491 e. The van der Waals surface area contributed by atoms with E-state index in [0.717, 1.165) is 28.9 Å². The zero-order valence-corrected chi connectivity index (χ0v) is 16.8. The van der Waals surface area contributed by atoms with Crippen LogP contribution in [0.2, 0.25) is 5.02 Å². The molecule has 1 spiro atoms. The second-order valence-electron chi connectivity index (χ2n) is 7.89. The second kappa shape index (κ2) is 7.68. The van der Waals surface area contributed by atoms with Crippen LogP contribution in [0, 0.1) is 6.92 Å². The van der Waals surface area contributed by atoms with E-state index in [2.05, 4.69) is 5.32 Å². The van der Waals surface area contributed by atoms with Crippen molar-refractivity contribution in [1.82, 2.24) is 10.2 Å². The van der Waals surface area contributed by atoms with Crippen LogP contribution in [-0.2, 0) is 4.79 Å². The van der Waals surface area contributed by atoms with Crippen molar-refractivity contribution in [2.24, 2.45) is 0 Å². The maximum Gasteiger partial charge on any atom is 0.325 e. The van der Waals surface area contributed by atoms with Crippen LogP contribution in [-0.4, -0.2) is 46.7 Å². The van der Waals surface area contributed by atoms with Crippen molar-refractivity contribution in [2.45, 2.75) is 64.0 Å². The Hall–Kier alpha value is -1.79. The van der Waals surface area contributed by atoms with Crippen LogP contribution >= 0.6 is 11.6 Å². The first-order valence-electron chi connectivity index (χ1n) is 9.48. The Kier molecular flexibility index (Phi) is 5.68. The smallest absolute Gasteiger partial charge is 0.325 e. The van der Waals surface area contributed by atoms with E-state index in [9.17, 15) is 14.7 Å². The quantitative estimate of drug-likeness (QED) is 0.725. The summed E-state index contributed by atoms with van der Waals surface area (Å²) in [7, 11) is 0. The van der Waals surface area contributed by atoms with Crippen LogP contribution in [0.5, 0.6) is 5.75 Å². The molecule has 7 heteroatoms. The van der Waals surface area contributed by atoms with E-state index in [-0.39, 0.29) is 25.0 Å². The normalized spacial score (nSPS) is 19.9. The van der Waals surface area contributed by atoms with Gasteiger partial charge in [-0.05, 0) is 48.9 Å². The van der Waals surface area contributed by atoms with E-state index in [0.29, 0.717) is 23.6 Å². The summed E-state index contributed by atoms with van der Waals surface area (Å²) in [5.74, 6) is 0.646. The minimum absolute atomic E-state index is 0.00908. The van der Waals surface area contributed by atoms with Crippen LogP contribution in [0.25, 0.3) is 0 Å². The van der Waals surface area contributed by atoms with Crippen LogP contribution in [0.4, 0.5) is 4.79 Å². The summed E-state index contributed by atoms with van der Waals surface area (Å²) in [5, 5.41) is 13.9. The molecule has 3 amide bonds. The molecule has 1 atom stereocenters. The molecule has 1 aliphatic heterocycles. The van der Waals surface area contributed by atoms with Gasteiger partial charge in [-0.25, -0.2) is 4.79 Å². The van der Waals surface area contributed by atoms with Gasteiger partial charge < -0.3 is 15.2 Å². The van der Waals surface area contributed by atoms with Gasteiger partial charge in [-0.15, -0.1) is 0 Å². The van der Waals surface area contributed by atoms with Gasteiger partial charge in [-0.3, -0.25) is 9.69 Å². The lowest BCUT2D eigenvalue weighted by Crippen LogP contribution is -2.45. The molecule has 3 rings (SSSR count). The van der Waals surface area contributed by atoms with Gasteiger partial charge in [-0.1, -0.05) is 38.3 Å². The fraction of sp³-hybridized carbons (Fsp3) is 0.600. The molecule has 27 heavy (non-hydrogen) atoms. The number of carbonyl (C=O) groups excluding carboxylic acids is 2. The van der Waals surface area contributed by atoms with Gasteiger partial charge in [0, 0.05) is 5.02 Å². The van der Waals surface area contributed by atoms with Crippen molar-refractivity contribution in [3.63, 3.8) is 0 Å². The largest absolute Gasteiger partial charge is 0.491 e. The number of nitrogens with one attached hydrogen (secondary N) is 1. The second-order valence-corrected chi connectivity index (χ2v) is 8.30. The lowest BCUT2D eigenvalue weighted by Gasteiger charge is -2.22. The molecular weight excluding hydrogens is 368 g/mol. The molecule has 1 unspecified atom stereocenters. The van der Waals surface area contributed by atoms with Crippen molar-refractivity contribution in [3.05, 3.63) is 28.3 Å². The van der Waals surface area contributed by atoms with Gasteiger partial charge in [0.2, 0.25) is 0 Å². The van der Waals surface area contributed by atoms with Crippen molar-refractivity contribution >= 4 is 23.5 Å². The lowest BCUT2D eigenvalue weighted by atomic mass is 9.98. The molecule has 2 N–H and O–H groups in total. The zero-order valence-electron chi connectivity index (χ0n) is 16.0. The number of hydrogen-bond acceptors (Lipinski definition) is 4. The SMILES string of the molecule is Cc1cc(OCC(O)CN2C(=O)NC3(CCCC3)C2=O)c(C(C)C)cc1Cl. The molecule has 148 valence electrons. The van der Waals surface area contributed by atoms with Gasteiger partial charge in [0.05, 0.1) is 6.54 Å². The summed E-state index contributed by atoms with van der Waals surface area (Å²) < 4.78 is 5.82. The summed E-state index contributed by atoms with van der Waals surface area (Å²) in [6, 6.07) is 3.31. The highest BCUT2D eigenvalue weighted by Crippen LogP contribution is 2.35. The molecule has 1 aliphatic carbocycles. The number of benzene rings is 1. The number of imide groups is 1. The number of hydrogen-bond donors (Lipinski definition) is 2. The van der Waals surface area contributed by atoms with E-state index >= 15 is 0 Å². The first kappa shape index (κ1) is 20.0. The molecule has 1 aromatic carbocycles. The van der Waals surface area contributed by atoms with E-state index in [1.807, 2.05) is 32.9 Å². The first-order chi connectivity index (χ1) is 12.7. The molecule has 6 nitrogen and oxygen atoms in total. The molecule has 1 saturated carbocycles. The molecule has 1 heterocycles. The summed E-state index contributed by atoms with van der Waals surface area (Å²) in [6.45, 7) is 5.89. The predicted molar refractivity (Wildman–Crippen MR) is 103 cm³/mol. The predicted octanol–water partition coefficient (Wildman–Crippen LogP) is 3.38. The molecular formula is C20H27ClN2O4. The fourth-order valence-electron chi connectivity index (χ4n) is 3.86. The number of carbonyl (C=O) groups is 2. The standard InChI is InChI=1S/C20H27ClN2O4/c1-12(2)15-9-16(21)13(3)8-17(15)27-11-14(24)10-23-18(25)20(22-19(23)26)6-4-5-7-20/h8-9,12,14,24H,4-7,10-11H2,1-3H3,(H,22,26). The van der Waals surface area contributed by atoms with Gasteiger partial charge in [0.1, 0.15) is 24.0 Å². The number of halogens is 1. The van der Waals surface area contributed by atoms with E-state index in [1.165, 1.54) is 0 Å². The molecule has 0 aromatic heterocycles. The molecule has 0 radical (unpaired) electrons. The van der Waals surface area contributed by atoms with Crippen molar-refractivity contribution in [2.75, 3.05) is 13.2 Å². The van der Waals surface area contributed by atoms with Crippen LogP contribution in [0.3, 0.4) is 0 Å². The third-order valence-corrected chi connectivity index (χ3v) is 5.85. The average Bonchev–Trinajstić information content (AvgIpc) is 3.16. The molecule has 1 saturated heterocycles. The number of rotatable bonds is 6. The Morgan fingerprint density at radius 3 is 2.59 bits per heavy atom. The number of aliphatic hydroxyl groups excluding tert-OH is 1. The number of aryl methyl sites for hydroxylation is 1. The fourth-order valence-corrected chi connectivity index (χ4v) is 4.03. The van der Waals surface area contributed by atoms with Crippen LogP contribution in [0.1, 0.15) is 56.6 Å². The van der Waals surface area contributed by atoms with Gasteiger partial charge in [0.25, 0.3) is 5.91 Å². The Morgan fingerprint density at radius 2 is 1.96 bits per heavy atom. The maximum absolute atomic E-state index is 12.7. The highest BCUT2D eigenvalue weighted by molar-refractivity contribution is 6.31. The number of amides is 3. The van der Waals surface area contributed by atoms with Crippen molar-refractivity contribution in [1.29, 1.82) is 0 Å². The number of β-amino-alcohol motifs (C(OH)–C–C–N with tert-alkyl or cyclic N) is 1. The Morgan fingerprint density at radius 1 is 1.30 bits per heavy atom. The van der Waals surface area contributed by atoms with E-state index < -0.39 is 17.7 Å². The van der Waals surface area contributed by atoms with Crippen molar-refractivity contribution < 1.29 is 19.4 Å². The van der Waals surface area contributed by atoms with Gasteiger partial charge >= 0.3 is 6.03 Å². The van der Waals surface area contributed by atoms with Gasteiger partial charge in [0.15, 0.2) is 0 Å². The number of nitrogens with zero attached hydrogens (tertiary/aromatic N) is 1. The summed E-state index contributed by atoms with van der Waals surface area (Å²) >= 11 is 6.20. The Balaban J connectivity index is 1.64. The van der Waals surface area contributed by atoms with E-state index in [1.54, 1.807) is 0 Å². The summed E-state index contributed by atoms with van der Waals surface area (Å²) in [6.07, 6.45) is 2.23. The number of aliphatic hydroxyl groups is 1. The third kappa shape index (κ3) is 3.92. The summed E-state index contributed by atoms with van der Waals surface area (Å²) in [5.41, 5.74) is 1.09. The molecule has 2 fully saturated rings. The Bertz CT molecular complexity index is 744. The zero-order chi connectivity index (χ0) is 19.8. The molecule has 0 bridgehead atoms. The highest BCUT2D eigenvalue weighted by atomic mass is 35.5. The van der Waals surface area contributed by atoms with E-state index in [4.69, 9.17) is 16.3 Å². The maximum atomic E-state index is 12.7. The van der Waals surface area contributed by atoms with Crippen molar-refractivity contribution in [3.8, 4) is 5.75 Å². The number of urea groups is 1. The third-order valence-electron chi connectivity index (χ3n) is 5.44. The Labute approximate surface area is 164 Å². The summed E-state index contributed by atoms with van der Waals surface area (Å²) in [4.78, 5) is 26.0. The monoisotopic (exact) mass is 394 g/mol. The molecule has 2 aliphatic rings. The van der Waals surface area contributed by atoms with Crippen LogP contribution < -0.4 is 10.1 Å². The first-order valence-corrected chi connectivity index (χ1v) is 9.86. The topological polar surface area (TPSA) is 78.9 Å². The molecule has 1 aromatic rings. The average molecular weight is 395 g/mol. The number of ether oxygens (including phenoxy) is 1. The van der Waals surface area contributed by atoms with Crippen LogP contribution in [0.15, 0.2) is 12.1 Å². The van der Waals surface area contributed by atoms with Gasteiger partial charge in [-0.2, -0.15) is 0 Å².